The van der Waals surface area contributed by atoms with Gasteiger partial charge in [-0.15, -0.1) is 0 Å². The summed E-state index contributed by atoms with van der Waals surface area (Å²) in [7, 11) is -8.65. The Morgan fingerprint density at radius 2 is 1.51 bits per heavy atom. The van der Waals surface area contributed by atoms with Gasteiger partial charge in [0.25, 0.3) is 5.89 Å². The van der Waals surface area contributed by atoms with Gasteiger partial charge in [0.05, 0.1) is 32.3 Å². The summed E-state index contributed by atoms with van der Waals surface area (Å²) in [5.74, 6) is 1.24. The molecule has 14 heteroatoms. The molecule has 4 heterocycles. The predicted octanol–water partition coefficient (Wildman–Crippen LogP) is 5.00. The molecule has 0 radical (unpaired) electrons. The first kappa shape index (κ1) is 32.6. The molecule has 246 valence electrons. The summed E-state index contributed by atoms with van der Waals surface area (Å²) in [6, 6.07) is 19.1. The fraction of sp³-hybridized carbons (Fsp3) is 0.303. The summed E-state index contributed by atoms with van der Waals surface area (Å²) in [6.45, 7) is 2.74. The van der Waals surface area contributed by atoms with Gasteiger partial charge < -0.3 is 18.3 Å². The first-order valence-electron chi connectivity index (χ1n) is 15.3. The summed E-state index contributed by atoms with van der Waals surface area (Å²) in [5.41, 5.74) is 3.55. The van der Waals surface area contributed by atoms with Crippen LogP contribution in [0.3, 0.4) is 0 Å². The zero-order chi connectivity index (χ0) is 33.2. The lowest BCUT2D eigenvalue weighted by atomic mass is 10.1. The van der Waals surface area contributed by atoms with E-state index >= 15 is 0 Å². The van der Waals surface area contributed by atoms with E-state index < -0.39 is 31.7 Å². The van der Waals surface area contributed by atoms with Crippen molar-refractivity contribution in [1.29, 1.82) is 0 Å². The Kier molecular flexibility index (Phi) is 9.28. The molecular weight excluding hydrogens is 645 g/mol. The number of anilines is 1. The van der Waals surface area contributed by atoms with Crippen molar-refractivity contribution in [2.45, 2.75) is 45.6 Å². The topological polar surface area (TPSA) is 170 Å². The summed E-state index contributed by atoms with van der Waals surface area (Å²) in [5, 5.41) is 1.81. The fourth-order valence-corrected chi connectivity index (χ4v) is 6.68. The maximum atomic E-state index is 11.2. The fourth-order valence-electron chi connectivity index (χ4n) is 5.56. The molecule has 0 aliphatic carbocycles. The predicted molar refractivity (Wildman–Crippen MR) is 175 cm³/mol. The molecule has 0 saturated carbocycles. The molecule has 2 aromatic carbocycles. The Labute approximate surface area is 272 Å². The van der Waals surface area contributed by atoms with Gasteiger partial charge in [0.15, 0.2) is 17.1 Å². The van der Waals surface area contributed by atoms with Gasteiger partial charge in [-0.2, -0.15) is 4.57 Å². The van der Waals surface area contributed by atoms with E-state index in [4.69, 9.17) is 19.1 Å². The molecule has 0 bridgehead atoms. The zero-order valence-electron chi connectivity index (χ0n) is 25.7. The van der Waals surface area contributed by atoms with Gasteiger partial charge in [0.1, 0.15) is 0 Å². The van der Waals surface area contributed by atoms with Crippen LogP contribution in [-0.2, 0) is 26.8 Å². The SMILES string of the molecule is CCC(=Cc1oc2cc3ccccc3nc2[n+]1CCCCS(=O)(=O)[O-])C=C1Oc2cc3ccccc3nc2N1CCCCS(=O)(=O)[O-]. The first-order valence-corrected chi connectivity index (χ1v) is 18.5. The van der Waals surface area contributed by atoms with Gasteiger partial charge in [-0.05, 0) is 60.9 Å². The summed E-state index contributed by atoms with van der Waals surface area (Å²) < 4.78 is 81.7. The standard InChI is InChI=1S/C33H34N4O8S2/c1-2-23(19-30-36(15-7-9-17-46(38,39)40)32-28(44-30)21-24-11-3-5-13-26(24)34-32)20-31-37(16-8-10-18-47(41,42)43)33-29(45-31)22-25-12-4-6-14-27(25)35-33/h3-6,11-14,19-22H,2,7-10,15-18H2,1H3,(H-,38,39,40,41,42,43)/p-1. The van der Waals surface area contributed by atoms with Gasteiger partial charge in [-0.1, -0.05) is 43.3 Å². The molecule has 0 fully saturated rings. The Hall–Kier alpha value is -4.37. The molecule has 1 aliphatic heterocycles. The molecule has 0 atom stereocenters. The van der Waals surface area contributed by atoms with Crippen molar-refractivity contribution >= 4 is 65.2 Å². The number of allylic oxidation sites excluding steroid dienone is 2. The highest BCUT2D eigenvalue weighted by Crippen LogP contribution is 2.40. The molecular formula is C33H33N4O8S2-. The second kappa shape index (κ2) is 13.4. The molecule has 0 unspecified atom stereocenters. The van der Waals surface area contributed by atoms with Crippen LogP contribution in [-0.4, -0.2) is 54.0 Å². The van der Waals surface area contributed by atoms with Crippen LogP contribution in [0.4, 0.5) is 5.82 Å². The molecule has 0 spiro atoms. The normalized spacial score (nSPS) is 14.8. The summed E-state index contributed by atoms with van der Waals surface area (Å²) in [4.78, 5) is 11.5. The van der Waals surface area contributed by atoms with Gasteiger partial charge in [0, 0.05) is 47.0 Å². The van der Waals surface area contributed by atoms with E-state index in [1.54, 1.807) is 0 Å². The monoisotopic (exact) mass is 677 g/mol. The molecule has 0 saturated heterocycles. The Bertz CT molecular complexity index is 2250. The Balaban J connectivity index is 1.37. The third-order valence-corrected chi connectivity index (χ3v) is 9.47. The molecule has 6 rings (SSSR count). The van der Waals surface area contributed by atoms with Crippen LogP contribution in [0.5, 0.6) is 5.75 Å². The quantitative estimate of drug-likeness (QED) is 0.0933. The van der Waals surface area contributed by atoms with E-state index in [9.17, 15) is 25.9 Å². The lowest BCUT2D eigenvalue weighted by molar-refractivity contribution is -0.680. The average Bonchev–Trinajstić information content (AvgIpc) is 3.53. The lowest BCUT2D eigenvalue weighted by Crippen LogP contribution is -2.36. The van der Waals surface area contributed by atoms with Crippen LogP contribution in [0.25, 0.3) is 39.1 Å². The Morgan fingerprint density at radius 3 is 2.19 bits per heavy atom. The second-order valence-electron chi connectivity index (χ2n) is 11.3. The van der Waals surface area contributed by atoms with Crippen molar-refractivity contribution in [1.82, 2.24) is 9.97 Å². The van der Waals surface area contributed by atoms with Crippen molar-refractivity contribution in [2.24, 2.45) is 0 Å². The van der Waals surface area contributed by atoms with Crippen molar-refractivity contribution in [3.8, 4) is 5.75 Å². The van der Waals surface area contributed by atoms with Crippen LogP contribution in [0, 0.1) is 0 Å². The number of rotatable bonds is 13. The summed E-state index contributed by atoms with van der Waals surface area (Å²) in [6.07, 6.45) is 5.57. The largest absolute Gasteiger partial charge is 0.748 e. The highest BCUT2D eigenvalue weighted by atomic mass is 32.2. The van der Waals surface area contributed by atoms with Gasteiger partial charge in [-0.25, -0.2) is 21.8 Å². The molecule has 0 amide bonds. The number of aromatic nitrogens is 3. The average molecular weight is 678 g/mol. The van der Waals surface area contributed by atoms with Crippen LogP contribution < -0.4 is 14.2 Å². The zero-order valence-corrected chi connectivity index (χ0v) is 27.3. The highest BCUT2D eigenvalue weighted by molar-refractivity contribution is 7.85. The van der Waals surface area contributed by atoms with Gasteiger partial charge in [-0.3, -0.25) is 4.90 Å². The number of benzene rings is 2. The minimum absolute atomic E-state index is 0.197. The lowest BCUT2D eigenvalue weighted by Gasteiger charge is -2.18. The number of hydrogen-bond donors (Lipinski definition) is 0. The number of nitrogens with zero attached hydrogens (tertiary/aromatic N) is 4. The minimum atomic E-state index is -4.33. The second-order valence-corrected chi connectivity index (χ2v) is 14.4. The molecule has 47 heavy (non-hydrogen) atoms. The third-order valence-electron chi connectivity index (χ3n) is 7.89. The third kappa shape index (κ3) is 7.79. The van der Waals surface area contributed by atoms with E-state index in [0.29, 0.717) is 66.9 Å². The molecule has 5 aromatic rings. The number of fused-ring (bicyclic) bond motifs is 4. The van der Waals surface area contributed by atoms with Crippen LogP contribution in [0.15, 0.2) is 82.6 Å². The number of unbranched alkanes of at least 4 members (excludes halogenated alkanes) is 2. The Morgan fingerprint density at radius 1 is 0.872 bits per heavy atom. The highest BCUT2D eigenvalue weighted by Gasteiger charge is 2.29. The summed E-state index contributed by atoms with van der Waals surface area (Å²) >= 11 is 0. The number of hydrogen-bond acceptors (Lipinski definition) is 11. The number of oxazole rings is 1. The van der Waals surface area contributed by atoms with Crippen molar-refractivity contribution in [3.05, 3.63) is 84.1 Å². The molecule has 1 aliphatic rings. The van der Waals surface area contributed by atoms with Crippen LogP contribution in [0.2, 0.25) is 0 Å². The number of pyridine rings is 2. The van der Waals surface area contributed by atoms with Crippen molar-refractivity contribution < 1.29 is 39.7 Å². The van der Waals surface area contributed by atoms with Gasteiger partial charge in [0.2, 0.25) is 11.5 Å². The number of ether oxygens (including phenoxy) is 1. The van der Waals surface area contributed by atoms with Gasteiger partial charge >= 0.3 is 5.65 Å². The smallest absolute Gasteiger partial charge is 0.369 e. The van der Waals surface area contributed by atoms with E-state index in [1.165, 1.54) is 0 Å². The van der Waals surface area contributed by atoms with Crippen LogP contribution in [0.1, 0.15) is 44.9 Å². The van der Waals surface area contributed by atoms with E-state index in [0.717, 1.165) is 27.4 Å². The molecule has 12 nitrogen and oxygen atoms in total. The minimum Gasteiger partial charge on any atom is -0.748 e. The first-order chi connectivity index (χ1) is 22.5. The maximum Gasteiger partial charge on any atom is 0.369 e. The van der Waals surface area contributed by atoms with E-state index in [-0.39, 0.29) is 12.8 Å². The van der Waals surface area contributed by atoms with Crippen molar-refractivity contribution in [2.75, 3.05) is 23.0 Å². The van der Waals surface area contributed by atoms with Crippen molar-refractivity contribution in [3.63, 3.8) is 0 Å². The number of aryl methyl sites for hydroxylation is 1. The van der Waals surface area contributed by atoms with E-state index in [1.807, 2.05) is 89.2 Å². The number of para-hydroxylation sites is 2. The molecule has 3 aromatic heterocycles. The maximum absolute atomic E-state index is 11.2. The van der Waals surface area contributed by atoms with Crippen LogP contribution >= 0.6 is 0 Å². The van der Waals surface area contributed by atoms with E-state index in [2.05, 4.69) is 0 Å². The molecule has 0 N–H and O–H groups in total.